The number of rotatable bonds is 2. The number of amides is 1. The molecule has 2 aromatic carbocycles. The maximum absolute atomic E-state index is 13.0. The van der Waals surface area contributed by atoms with Gasteiger partial charge in [-0.15, -0.1) is 0 Å². The molecule has 1 atom stereocenters. The predicted molar refractivity (Wildman–Crippen MR) is 98.8 cm³/mol. The number of para-hydroxylation sites is 1. The second-order valence-corrected chi connectivity index (χ2v) is 6.62. The van der Waals surface area contributed by atoms with Crippen molar-refractivity contribution in [1.29, 1.82) is 0 Å². The SMILES string of the molecule is CN(C(=O)c1cc2ccccc2[nH]c1=O)C1CCCc2ccccc21. The van der Waals surface area contributed by atoms with Crippen molar-refractivity contribution >= 4 is 16.8 Å². The molecule has 0 spiro atoms. The molecular weight excluding hydrogens is 312 g/mol. The van der Waals surface area contributed by atoms with Gasteiger partial charge in [0.15, 0.2) is 0 Å². The average molecular weight is 332 g/mol. The van der Waals surface area contributed by atoms with E-state index in [-0.39, 0.29) is 23.1 Å². The Morgan fingerprint density at radius 2 is 1.88 bits per heavy atom. The monoisotopic (exact) mass is 332 g/mol. The van der Waals surface area contributed by atoms with Crippen molar-refractivity contribution in [3.05, 3.63) is 81.6 Å². The highest BCUT2D eigenvalue weighted by Gasteiger charge is 2.28. The van der Waals surface area contributed by atoms with Gasteiger partial charge in [0.1, 0.15) is 5.56 Å². The average Bonchev–Trinajstić information content (AvgIpc) is 2.66. The molecule has 0 radical (unpaired) electrons. The first kappa shape index (κ1) is 15.6. The van der Waals surface area contributed by atoms with Crippen LogP contribution in [0.4, 0.5) is 0 Å². The fraction of sp³-hybridized carbons (Fsp3) is 0.238. The van der Waals surface area contributed by atoms with E-state index in [1.807, 2.05) is 36.4 Å². The van der Waals surface area contributed by atoms with Gasteiger partial charge in [0.05, 0.1) is 6.04 Å². The second kappa shape index (κ2) is 6.20. The predicted octanol–water partition coefficient (Wildman–Crippen LogP) is 3.68. The van der Waals surface area contributed by atoms with Crippen LogP contribution < -0.4 is 5.56 Å². The van der Waals surface area contributed by atoms with E-state index in [2.05, 4.69) is 17.1 Å². The summed E-state index contributed by atoms with van der Waals surface area (Å²) in [5.41, 5.74) is 3.10. The Morgan fingerprint density at radius 1 is 1.12 bits per heavy atom. The van der Waals surface area contributed by atoms with Gasteiger partial charge in [0, 0.05) is 12.6 Å². The molecule has 0 bridgehead atoms. The van der Waals surface area contributed by atoms with Crippen LogP contribution in [0.2, 0.25) is 0 Å². The number of fused-ring (bicyclic) bond motifs is 2. The Morgan fingerprint density at radius 3 is 2.76 bits per heavy atom. The van der Waals surface area contributed by atoms with Crippen LogP contribution in [0.1, 0.15) is 40.4 Å². The molecule has 1 aliphatic rings. The van der Waals surface area contributed by atoms with E-state index < -0.39 is 0 Å². The van der Waals surface area contributed by atoms with Gasteiger partial charge in [-0.05, 0) is 47.9 Å². The number of carbonyl (C=O) groups excluding carboxylic acids is 1. The third-order valence-corrected chi connectivity index (χ3v) is 5.11. The third-order valence-electron chi connectivity index (χ3n) is 5.11. The highest BCUT2D eigenvalue weighted by molar-refractivity contribution is 5.97. The van der Waals surface area contributed by atoms with Gasteiger partial charge < -0.3 is 9.88 Å². The van der Waals surface area contributed by atoms with Crippen molar-refractivity contribution in [2.75, 3.05) is 7.05 Å². The molecular formula is C21H20N2O2. The normalized spacial score (nSPS) is 16.4. The molecule has 1 aromatic heterocycles. The summed E-state index contributed by atoms with van der Waals surface area (Å²) in [7, 11) is 1.80. The number of aromatic nitrogens is 1. The zero-order valence-corrected chi connectivity index (χ0v) is 14.2. The molecule has 1 N–H and O–H groups in total. The summed E-state index contributed by atoms with van der Waals surface area (Å²) >= 11 is 0. The number of carbonyl (C=O) groups is 1. The number of nitrogens with one attached hydrogen (secondary N) is 1. The van der Waals surface area contributed by atoms with Gasteiger partial charge in [-0.2, -0.15) is 0 Å². The van der Waals surface area contributed by atoms with Gasteiger partial charge in [0.2, 0.25) is 0 Å². The first-order valence-electron chi connectivity index (χ1n) is 8.62. The van der Waals surface area contributed by atoms with Crippen LogP contribution >= 0.6 is 0 Å². The summed E-state index contributed by atoms with van der Waals surface area (Å²) in [6.07, 6.45) is 3.02. The Bertz CT molecular complexity index is 1010. The molecule has 0 fully saturated rings. The van der Waals surface area contributed by atoms with E-state index in [1.54, 1.807) is 18.0 Å². The van der Waals surface area contributed by atoms with Gasteiger partial charge in [-0.25, -0.2) is 0 Å². The largest absolute Gasteiger partial charge is 0.334 e. The zero-order chi connectivity index (χ0) is 17.4. The van der Waals surface area contributed by atoms with Crippen molar-refractivity contribution in [2.45, 2.75) is 25.3 Å². The zero-order valence-electron chi connectivity index (χ0n) is 14.2. The number of hydrogen-bond acceptors (Lipinski definition) is 2. The smallest absolute Gasteiger partial charge is 0.261 e. The lowest BCUT2D eigenvalue weighted by Crippen LogP contribution is -2.36. The maximum Gasteiger partial charge on any atom is 0.261 e. The molecule has 1 heterocycles. The molecule has 1 unspecified atom stereocenters. The summed E-state index contributed by atoms with van der Waals surface area (Å²) in [4.78, 5) is 30.0. The highest BCUT2D eigenvalue weighted by Crippen LogP contribution is 2.34. The molecule has 1 amide bonds. The second-order valence-electron chi connectivity index (χ2n) is 6.62. The van der Waals surface area contributed by atoms with E-state index in [0.29, 0.717) is 0 Å². The first-order chi connectivity index (χ1) is 12.1. The van der Waals surface area contributed by atoms with E-state index in [4.69, 9.17) is 0 Å². The van der Waals surface area contributed by atoms with Gasteiger partial charge in [0.25, 0.3) is 11.5 Å². The Hall–Kier alpha value is -2.88. The molecule has 0 aliphatic heterocycles. The Kier molecular flexibility index (Phi) is 3.88. The summed E-state index contributed by atoms with van der Waals surface area (Å²) in [6.45, 7) is 0. The van der Waals surface area contributed by atoms with Gasteiger partial charge >= 0.3 is 0 Å². The van der Waals surface area contributed by atoms with Crippen LogP contribution in [0.15, 0.2) is 59.4 Å². The van der Waals surface area contributed by atoms with Crippen LogP contribution in [0.25, 0.3) is 10.9 Å². The summed E-state index contributed by atoms with van der Waals surface area (Å²) in [5.74, 6) is -0.228. The topological polar surface area (TPSA) is 53.2 Å². The first-order valence-corrected chi connectivity index (χ1v) is 8.62. The lowest BCUT2D eigenvalue weighted by atomic mass is 9.87. The molecule has 4 rings (SSSR count). The molecule has 4 nitrogen and oxygen atoms in total. The number of pyridine rings is 1. The minimum absolute atomic E-state index is 0.0170. The number of aryl methyl sites for hydroxylation is 1. The molecule has 0 saturated heterocycles. The number of nitrogens with zero attached hydrogens (tertiary/aromatic N) is 1. The fourth-order valence-corrected chi connectivity index (χ4v) is 3.77. The van der Waals surface area contributed by atoms with E-state index in [1.165, 1.54) is 11.1 Å². The summed E-state index contributed by atoms with van der Waals surface area (Å²) in [5, 5.41) is 0.864. The number of hydrogen-bond donors (Lipinski definition) is 1. The number of H-pyrrole nitrogens is 1. The standard InChI is InChI=1S/C21H20N2O2/c1-23(19-12-6-9-14-7-2-4-10-16(14)19)21(25)17-13-15-8-3-5-11-18(15)22-20(17)24/h2-5,7-8,10-11,13,19H,6,9,12H2,1H3,(H,22,24). The van der Waals surface area contributed by atoms with E-state index >= 15 is 0 Å². The Labute approximate surface area is 146 Å². The van der Waals surface area contributed by atoms with Crippen LogP contribution in [-0.4, -0.2) is 22.8 Å². The number of benzene rings is 2. The molecule has 126 valence electrons. The van der Waals surface area contributed by atoms with Crippen molar-refractivity contribution in [2.24, 2.45) is 0 Å². The van der Waals surface area contributed by atoms with Gasteiger partial charge in [-0.3, -0.25) is 9.59 Å². The van der Waals surface area contributed by atoms with Crippen molar-refractivity contribution in [3.63, 3.8) is 0 Å². The van der Waals surface area contributed by atoms with E-state index in [9.17, 15) is 9.59 Å². The van der Waals surface area contributed by atoms with Crippen LogP contribution in [0.5, 0.6) is 0 Å². The molecule has 1 aliphatic carbocycles. The highest BCUT2D eigenvalue weighted by atomic mass is 16.2. The summed E-state index contributed by atoms with van der Waals surface area (Å²) in [6, 6.07) is 17.5. The quantitative estimate of drug-likeness (QED) is 0.778. The number of aromatic amines is 1. The maximum atomic E-state index is 13.0. The van der Waals surface area contributed by atoms with Gasteiger partial charge in [-0.1, -0.05) is 42.5 Å². The molecule has 3 aromatic rings. The van der Waals surface area contributed by atoms with Crippen LogP contribution in [0.3, 0.4) is 0 Å². The lowest BCUT2D eigenvalue weighted by Gasteiger charge is -2.33. The van der Waals surface area contributed by atoms with E-state index in [0.717, 1.165) is 30.2 Å². The van der Waals surface area contributed by atoms with Crippen molar-refractivity contribution < 1.29 is 4.79 Å². The molecule has 0 saturated carbocycles. The lowest BCUT2D eigenvalue weighted by molar-refractivity contribution is 0.0713. The third kappa shape index (κ3) is 2.74. The molecule has 4 heteroatoms. The summed E-state index contributed by atoms with van der Waals surface area (Å²) < 4.78 is 0. The molecule has 25 heavy (non-hydrogen) atoms. The Balaban J connectivity index is 1.72. The minimum Gasteiger partial charge on any atom is -0.334 e. The van der Waals surface area contributed by atoms with Crippen molar-refractivity contribution in [1.82, 2.24) is 9.88 Å². The fourth-order valence-electron chi connectivity index (χ4n) is 3.77. The minimum atomic E-state index is -0.334. The van der Waals surface area contributed by atoms with Crippen LogP contribution in [-0.2, 0) is 6.42 Å². The van der Waals surface area contributed by atoms with Crippen molar-refractivity contribution in [3.8, 4) is 0 Å². The van der Waals surface area contributed by atoms with Crippen LogP contribution in [0, 0.1) is 0 Å².